The molecule has 1 aromatic heterocycles. The van der Waals surface area contributed by atoms with Gasteiger partial charge in [-0.15, -0.1) is 0 Å². The van der Waals surface area contributed by atoms with Crippen molar-refractivity contribution < 1.29 is 4.39 Å². The standard InChI is InChI=1S/C17H16FN3/c18-15-8-4-7-14(11-15)16(12-19)21-10-9-20-17(21)13-5-2-1-3-6-13/h1-11,16H,12,19H2. The Morgan fingerprint density at radius 1 is 1.10 bits per heavy atom. The summed E-state index contributed by atoms with van der Waals surface area (Å²) in [5, 5.41) is 0. The van der Waals surface area contributed by atoms with Crippen LogP contribution in [0.4, 0.5) is 4.39 Å². The summed E-state index contributed by atoms with van der Waals surface area (Å²) in [6.45, 7) is 0.375. The molecule has 4 heteroatoms. The molecule has 0 radical (unpaired) electrons. The minimum atomic E-state index is -0.257. The molecule has 0 bridgehead atoms. The number of halogens is 1. The van der Waals surface area contributed by atoms with Crippen LogP contribution in [0.15, 0.2) is 67.0 Å². The Morgan fingerprint density at radius 3 is 2.62 bits per heavy atom. The predicted molar refractivity (Wildman–Crippen MR) is 81.3 cm³/mol. The zero-order valence-electron chi connectivity index (χ0n) is 11.5. The number of aromatic nitrogens is 2. The summed E-state index contributed by atoms with van der Waals surface area (Å²) in [5.74, 6) is 0.572. The van der Waals surface area contributed by atoms with Crippen molar-refractivity contribution in [2.24, 2.45) is 5.73 Å². The summed E-state index contributed by atoms with van der Waals surface area (Å²) in [7, 11) is 0. The van der Waals surface area contributed by atoms with Crippen molar-refractivity contribution in [1.82, 2.24) is 9.55 Å². The molecule has 0 aliphatic heterocycles. The highest BCUT2D eigenvalue weighted by molar-refractivity contribution is 5.55. The summed E-state index contributed by atoms with van der Waals surface area (Å²) in [6, 6.07) is 16.3. The van der Waals surface area contributed by atoms with E-state index < -0.39 is 0 Å². The summed E-state index contributed by atoms with van der Waals surface area (Å²) in [4.78, 5) is 4.42. The van der Waals surface area contributed by atoms with Crippen LogP contribution in [-0.4, -0.2) is 16.1 Å². The number of nitrogens with zero attached hydrogens (tertiary/aromatic N) is 2. The van der Waals surface area contributed by atoms with Crippen LogP contribution >= 0.6 is 0 Å². The van der Waals surface area contributed by atoms with Crippen molar-refractivity contribution in [3.8, 4) is 11.4 Å². The maximum absolute atomic E-state index is 13.5. The van der Waals surface area contributed by atoms with Crippen LogP contribution in [-0.2, 0) is 0 Å². The summed E-state index contributed by atoms with van der Waals surface area (Å²) >= 11 is 0. The second-order valence-electron chi connectivity index (χ2n) is 4.83. The molecule has 3 nitrogen and oxygen atoms in total. The van der Waals surface area contributed by atoms with Crippen LogP contribution in [0, 0.1) is 5.82 Å². The third-order valence-corrected chi connectivity index (χ3v) is 3.49. The highest BCUT2D eigenvalue weighted by Gasteiger charge is 2.16. The first kappa shape index (κ1) is 13.5. The molecule has 1 heterocycles. The Balaban J connectivity index is 2.05. The van der Waals surface area contributed by atoms with Gasteiger partial charge in [-0.3, -0.25) is 0 Å². The molecule has 106 valence electrons. The SMILES string of the molecule is NCC(c1cccc(F)c1)n1ccnc1-c1ccccc1. The van der Waals surface area contributed by atoms with Gasteiger partial charge in [-0.25, -0.2) is 9.37 Å². The van der Waals surface area contributed by atoms with E-state index in [4.69, 9.17) is 5.73 Å². The lowest BCUT2D eigenvalue weighted by Gasteiger charge is -2.20. The zero-order chi connectivity index (χ0) is 14.7. The maximum atomic E-state index is 13.5. The smallest absolute Gasteiger partial charge is 0.140 e. The van der Waals surface area contributed by atoms with Gasteiger partial charge >= 0.3 is 0 Å². The van der Waals surface area contributed by atoms with Gasteiger partial charge in [0.15, 0.2) is 0 Å². The Kier molecular flexibility index (Phi) is 3.79. The van der Waals surface area contributed by atoms with Crippen LogP contribution in [0.2, 0.25) is 0 Å². The van der Waals surface area contributed by atoms with Gasteiger partial charge < -0.3 is 10.3 Å². The zero-order valence-corrected chi connectivity index (χ0v) is 11.5. The van der Waals surface area contributed by atoms with Gasteiger partial charge in [0.05, 0.1) is 6.04 Å². The van der Waals surface area contributed by atoms with Crippen LogP contribution in [0.5, 0.6) is 0 Å². The van der Waals surface area contributed by atoms with Gasteiger partial charge in [-0.1, -0.05) is 42.5 Å². The highest BCUT2D eigenvalue weighted by atomic mass is 19.1. The molecule has 3 rings (SSSR count). The highest BCUT2D eigenvalue weighted by Crippen LogP contribution is 2.25. The number of imidazole rings is 1. The molecule has 1 unspecified atom stereocenters. The van der Waals surface area contributed by atoms with Gasteiger partial charge in [-0.2, -0.15) is 0 Å². The van der Waals surface area contributed by atoms with Crippen molar-refractivity contribution in [3.63, 3.8) is 0 Å². The maximum Gasteiger partial charge on any atom is 0.140 e. The molecule has 0 saturated heterocycles. The van der Waals surface area contributed by atoms with E-state index in [1.54, 1.807) is 12.3 Å². The first-order chi connectivity index (χ1) is 10.3. The van der Waals surface area contributed by atoms with E-state index in [1.165, 1.54) is 12.1 Å². The molecule has 1 atom stereocenters. The monoisotopic (exact) mass is 281 g/mol. The van der Waals surface area contributed by atoms with Crippen molar-refractivity contribution in [2.75, 3.05) is 6.54 Å². The summed E-state index contributed by atoms with van der Waals surface area (Å²) in [6.07, 6.45) is 3.62. The largest absolute Gasteiger partial charge is 0.328 e. The van der Waals surface area contributed by atoms with Crippen LogP contribution in [0.1, 0.15) is 11.6 Å². The minimum absolute atomic E-state index is 0.140. The molecule has 3 aromatic rings. The Bertz CT molecular complexity index is 722. The fraction of sp³-hybridized carbons (Fsp3) is 0.118. The third-order valence-electron chi connectivity index (χ3n) is 3.49. The molecule has 2 N–H and O–H groups in total. The molecule has 0 fully saturated rings. The number of hydrogen-bond donors (Lipinski definition) is 1. The third kappa shape index (κ3) is 2.71. The van der Waals surface area contributed by atoms with Crippen LogP contribution in [0.25, 0.3) is 11.4 Å². The average Bonchev–Trinajstić information content (AvgIpc) is 2.98. The Hall–Kier alpha value is -2.46. The van der Waals surface area contributed by atoms with Crippen molar-refractivity contribution in [2.45, 2.75) is 6.04 Å². The van der Waals surface area contributed by atoms with E-state index in [-0.39, 0.29) is 11.9 Å². The van der Waals surface area contributed by atoms with Gasteiger partial charge in [-0.05, 0) is 17.7 Å². The predicted octanol–water partition coefficient (Wildman–Crippen LogP) is 3.24. The Labute approximate surface area is 122 Å². The number of nitrogens with two attached hydrogens (primary N) is 1. The van der Waals surface area contributed by atoms with Crippen molar-refractivity contribution in [1.29, 1.82) is 0 Å². The van der Waals surface area contributed by atoms with E-state index in [0.29, 0.717) is 6.54 Å². The normalized spacial score (nSPS) is 12.3. The van der Waals surface area contributed by atoms with E-state index in [1.807, 2.05) is 47.2 Å². The minimum Gasteiger partial charge on any atom is -0.328 e. The molecule has 0 aliphatic rings. The van der Waals surface area contributed by atoms with Gasteiger partial charge in [0, 0.05) is 24.5 Å². The van der Waals surface area contributed by atoms with Gasteiger partial charge in [0.2, 0.25) is 0 Å². The number of hydrogen-bond acceptors (Lipinski definition) is 2. The molecule has 0 amide bonds. The fourth-order valence-electron chi connectivity index (χ4n) is 2.50. The van der Waals surface area contributed by atoms with Gasteiger partial charge in [0.1, 0.15) is 11.6 Å². The number of benzene rings is 2. The Morgan fingerprint density at radius 2 is 1.90 bits per heavy atom. The topological polar surface area (TPSA) is 43.8 Å². The summed E-state index contributed by atoms with van der Waals surface area (Å²) < 4.78 is 15.5. The lowest BCUT2D eigenvalue weighted by atomic mass is 10.1. The molecule has 0 saturated carbocycles. The molecular formula is C17H16FN3. The van der Waals surface area contributed by atoms with E-state index in [0.717, 1.165) is 17.0 Å². The van der Waals surface area contributed by atoms with E-state index in [2.05, 4.69) is 4.98 Å². The first-order valence-corrected chi connectivity index (χ1v) is 6.83. The van der Waals surface area contributed by atoms with Crippen LogP contribution < -0.4 is 5.73 Å². The summed E-state index contributed by atoms with van der Waals surface area (Å²) in [5.41, 5.74) is 7.77. The quantitative estimate of drug-likeness (QED) is 0.798. The average molecular weight is 281 g/mol. The molecule has 0 spiro atoms. The van der Waals surface area contributed by atoms with E-state index in [9.17, 15) is 4.39 Å². The van der Waals surface area contributed by atoms with Gasteiger partial charge in [0.25, 0.3) is 0 Å². The molecular weight excluding hydrogens is 265 g/mol. The van der Waals surface area contributed by atoms with E-state index >= 15 is 0 Å². The van der Waals surface area contributed by atoms with Crippen molar-refractivity contribution in [3.05, 3.63) is 78.4 Å². The first-order valence-electron chi connectivity index (χ1n) is 6.83. The molecule has 21 heavy (non-hydrogen) atoms. The number of rotatable bonds is 4. The molecule has 0 aliphatic carbocycles. The lowest BCUT2D eigenvalue weighted by Crippen LogP contribution is -2.20. The van der Waals surface area contributed by atoms with Crippen LogP contribution in [0.3, 0.4) is 0 Å². The fourth-order valence-corrected chi connectivity index (χ4v) is 2.50. The second-order valence-corrected chi connectivity index (χ2v) is 4.83. The lowest BCUT2D eigenvalue weighted by molar-refractivity contribution is 0.583. The second kappa shape index (κ2) is 5.89. The van der Waals surface area contributed by atoms with Crippen molar-refractivity contribution >= 4 is 0 Å². The molecule has 2 aromatic carbocycles.